The van der Waals surface area contributed by atoms with Gasteiger partial charge in [-0.05, 0) is 54.8 Å². The van der Waals surface area contributed by atoms with E-state index in [2.05, 4.69) is 10.3 Å². The van der Waals surface area contributed by atoms with E-state index in [1.54, 1.807) is 48.6 Å². The molecule has 29 heavy (non-hydrogen) atoms. The van der Waals surface area contributed by atoms with Crippen molar-refractivity contribution in [1.82, 2.24) is 5.32 Å². The largest absolute Gasteiger partial charge is 0.474 e. The van der Waals surface area contributed by atoms with Crippen molar-refractivity contribution < 1.29 is 14.3 Å². The molecule has 0 bridgehead atoms. The van der Waals surface area contributed by atoms with Crippen LogP contribution in [0.1, 0.15) is 44.1 Å². The number of nitrogens with one attached hydrogen (secondary N) is 1. The number of benzene rings is 1. The highest BCUT2D eigenvalue weighted by Crippen LogP contribution is 2.24. The van der Waals surface area contributed by atoms with Crippen molar-refractivity contribution in [3.8, 4) is 0 Å². The van der Waals surface area contributed by atoms with E-state index >= 15 is 0 Å². The van der Waals surface area contributed by atoms with Gasteiger partial charge >= 0.3 is 5.91 Å². The molecule has 2 aliphatic carbocycles. The minimum Gasteiger partial charge on any atom is -0.474 e. The summed E-state index contributed by atoms with van der Waals surface area (Å²) in [5, 5.41) is 3.74. The minimum atomic E-state index is -0.472. The summed E-state index contributed by atoms with van der Waals surface area (Å²) in [6.45, 7) is 0. The van der Waals surface area contributed by atoms with E-state index < -0.39 is 12.0 Å². The normalized spacial score (nSPS) is 23.6. The predicted octanol–water partition coefficient (Wildman–Crippen LogP) is 4.38. The van der Waals surface area contributed by atoms with Crippen LogP contribution >= 0.6 is 11.6 Å². The maximum Gasteiger partial charge on any atom is 0.312 e. The lowest BCUT2D eigenvalue weighted by Gasteiger charge is -2.25. The number of halogens is 1. The molecule has 2 amide bonds. The molecular weight excluding hydrogens is 388 g/mol. The van der Waals surface area contributed by atoms with Gasteiger partial charge in [0, 0.05) is 16.6 Å². The third kappa shape index (κ3) is 4.85. The van der Waals surface area contributed by atoms with Crippen LogP contribution in [-0.2, 0) is 14.3 Å². The maximum atomic E-state index is 12.6. The topological polar surface area (TPSA) is 67.8 Å². The van der Waals surface area contributed by atoms with Gasteiger partial charge in [-0.2, -0.15) is 0 Å². The quantitative estimate of drug-likeness (QED) is 0.593. The fourth-order valence-electron chi connectivity index (χ4n) is 3.77. The van der Waals surface area contributed by atoms with Crippen LogP contribution in [0.3, 0.4) is 0 Å². The third-order valence-electron chi connectivity index (χ3n) is 5.36. The number of carbonyl (C=O) groups is 2. The zero-order valence-corrected chi connectivity index (χ0v) is 16.8. The Bertz CT molecular complexity index is 920. The summed E-state index contributed by atoms with van der Waals surface area (Å²) in [5.41, 5.74) is 1.76. The smallest absolute Gasteiger partial charge is 0.312 e. The second-order valence-electron chi connectivity index (χ2n) is 7.56. The summed E-state index contributed by atoms with van der Waals surface area (Å²) in [4.78, 5) is 29.2. The molecule has 1 aromatic rings. The van der Waals surface area contributed by atoms with Crippen LogP contribution in [0.4, 0.5) is 0 Å². The Morgan fingerprint density at radius 2 is 1.86 bits per heavy atom. The number of amides is 2. The highest BCUT2D eigenvalue weighted by Gasteiger charge is 2.29. The van der Waals surface area contributed by atoms with Gasteiger partial charge in [0.1, 0.15) is 0 Å². The van der Waals surface area contributed by atoms with E-state index in [4.69, 9.17) is 16.3 Å². The van der Waals surface area contributed by atoms with Crippen molar-refractivity contribution >= 4 is 35.2 Å². The number of ether oxygens (including phenoxy) is 1. The molecule has 0 saturated heterocycles. The van der Waals surface area contributed by atoms with Crippen molar-refractivity contribution in [1.29, 1.82) is 0 Å². The van der Waals surface area contributed by atoms with Crippen LogP contribution in [0.25, 0.3) is 6.08 Å². The summed E-state index contributed by atoms with van der Waals surface area (Å²) in [6, 6.07) is 7.32. The molecule has 0 aromatic heterocycles. The summed E-state index contributed by atoms with van der Waals surface area (Å²) >= 11 is 5.89. The lowest BCUT2D eigenvalue weighted by molar-refractivity contribution is -0.119. The zero-order chi connectivity index (χ0) is 20.2. The van der Waals surface area contributed by atoms with Gasteiger partial charge in [-0.25, -0.2) is 4.99 Å². The first-order valence-electron chi connectivity index (χ1n) is 10.1. The van der Waals surface area contributed by atoms with Crippen molar-refractivity contribution in [2.45, 2.75) is 50.7 Å². The molecule has 1 N–H and O–H groups in total. The second kappa shape index (κ2) is 8.78. The average Bonchev–Trinajstić information content (AvgIpc) is 2.98. The zero-order valence-electron chi connectivity index (χ0n) is 16.1. The molecule has 1 heterocycles. The first-order valence-corrected chi connectivity index (χ1v) is 10.4. The first kappa shape index (κ1) is 19.6. The van der Waals surface area contributed by atoms with Crippen molar-refractivity contribution in [3.05, 3.63) is 64.4 Å². The Morgan fingerprint density at radius 1 is 1.14 bits per heavy atom. The first-order chi connectivity index (χ1) is 14.1. The Balaban J connectivity index is 1.47. The van der Waals surface area contributed by atoms with E-state index in [1.807, 2.05) is 0 Å². The fraction of sp³-hybridized carbons (Fsp3) is 0.348. The van der Waals surface area contributed by atoms with Crippen LogP contribution in [0.5, 0.6) is 0 Å². The molecular formula is C23H23ClN2O3. The van der Waals surface area contributed by atoms with Crippen LogP contribution in [0.15, 0.2) is 58.8 Å². The number of rotatable bonds is 3. The number of hydrogen-bond acceptors (Lipinski definition) is 3. The van der Waals surface area contributed by atoms with E-state index in [1.165, 1.54) is 12.8 Å². The molecule has 1 saturated carbocycles. The van der Waals surface area contributed by atoms with Gasteiger partial charge in [0.2, 0.25) is 0 Å². The van der Waals surface area contributed by atoms with Gasteiger partial charge in [-0.3, -0.25) is 9.59 Å². The van der Waals surface area contributed by atoms with Crippen molar-refractivity contribution in [2.75, 3.05) is 0 Å². The van der Waals surface area contributed by atoms with Gasteiger partial charge in [-0.1, -0.05) is 49.4 Å². The van der Waals surface area contributed by atoms with E-state index in [0.29, 0.717) is 16.3 Å². The molecule has 5 nitrogen and oxygen atoms in total. The molecule has 1 atom stereocenters. The molecule has 1 unspecified atom stereocenters. The molecule has 1 aliphatic heterocycles. The van der Waals surface area contributed by atoms with Gasteiger partial charge in [-0.15, -0.1) is 0 Å². The molecule has 1 fully saturated rings. The summed E-state index contributed by atoms with van der Waals surface area (Å²) < 4.78 is 5.82. The Labute approximate surface area is 175 Å². The summed E-state index contributed by atoms with van der Waals surface area (Å²) in [7, 11) is 0. The molecule has 6 heteroatoms. The minimum absolute atomic E-state index is 0.121. The lowest BCUT2D eigenvalue weighted by atomic mass is 10.00. The Hall–Kier alpha value is -2.66. The van der Waals surface area contributed by atoms with Crippen molar-refractivity contribution in [3.63, 3.8) is 0 Å². The molecule has 4 rings (SSSR count). The van der Waals surface area contributed by atoms with E-state index in [-0.39, 0.29) is 17.7 Å². The van der Waals surface area contributed by atoms with E-state index in [9.17, 15) is 9.59 Å². The molecule has 150 valence electrons. The Kier molecular flexibility index (Phi) is 5.95. The van der Waals surface area contributed by atoms with E-state index in [0.717, 1.165) is 31.2 Å². The van der Waals surface area contributed by atoms with Gasteiger partial charge < -0.3 is 10.1 Å². The second-order valence-corrected chi connectivity index (χ2v) is 8.00. The fourth-order valence-corrected chi connectivity index (χ4v) is 3.90. The number of nitrogens with zero attached hydrogens (tertiary/aromatic N) is 1. The maximum absolute atomic E-state index is 12.6. The van der Waals surface area contributed by atoms with Crippen LogP contribution in [0, 0.1) is 0 Å². The van der Waals surface area contributed by atoms with Crippen LogP contribution in [0.2, 0.25) is 5.02 Å². The number of carbonyl (C=O) groups excluding carboxylic acids is 2. The number of hydrogen-bond donors (Lipinski definition) is 1. The predicted molar refractivity (Wildman–Crippen MR) is 114 cm³/mol. The lowest BCUT2D eigenvalue weighted by Crippen LogP contribution is -2.37. The highest BCUT2D eigenvalue weighted by atomic mass is 35.5. The standard InChI is InChI=1S/C23H23ClN2O3/c24-17-10-7-15(8-11-17)13-21-23(28)26-19-14-16(9-12-20(19)29-21)22(27)25-18-5-3-1-2-4-6-18/h7-14,18,20H,1-6H2,(H,25,27)/b21-13+. The molecule has 3 aliphatic rings. The highest BCUT2D eigenvalue weighted by molar-refractivity contribution is 6.30. The number of fused-ring (bicyclic) bond motifs is 1. The number of aliphatic imine (C=N–C) groups is 1. The van der Waals surface area contributed by atoms with Gasteiger partial charge in [0.05, 0.1) is 5.71 Å². The summed E-state index contributed by atoms with van der Waals surface area (Å²) in [5.74, 6) is -0.406. The van der Waals surface area contributed by atoms with Gasteiger partial charge in [0.15, 0.2) is 11.9 Å². The molecule has 1 aromatic carbocycles. The van der Waals surface area contributed by atoms with Crippen LogP contribution < -0.4 is 5.32 Å². The molecule has 0 spiro atoms. The van der Waals surface area contributed by atoms with Crippen molar-refractivity contribution in [2.24, 2.45) is 4.99 Å². The SMILES string of the molecule is O=C(NC1CCCCCC1)C1=CC2=NC(=O)/C(=C\c3ccc(Cl)cc3)OC2C=C1. The molecule has 0 radical (unpaired) electrons. The third-order valence-corrected chi connectivity index (χ3v) is 5.61. The van der Waals surface area contributed by atoms with Gasteiger partial charge in [0.25, 0.3) is 5.91 Å². The van der Waals surface area contributed by atoms with Crippen LogP contribution in [-0.4, -0.2) is 29.7 Å². The monoisotopic (exact) mass is 410 g/mol. The average molecular weight is 411 g/mol. The Morgan fingerprint density at radius 3 is 2.59 bits per heavy atom. The summed E-state index contributed by atoms with van der Waals surface area (Å²) in [6.07, 6.45) is 13.1.